The van der Waals surface area contributed by atoms with Crippen molar-refractivity contribution in [2.75, 3.05) is 0 Å². The molecule has 0 atom stereocenters. The van der Waals surface area contributed by atoms with Gasteiger partial charge in [0.05, 0.1) is 12.1 Å². The largest absolute Gasteiger partial charge is 0.330 e. The summed E-state index contributed by atoms with van der Waals surface area (Å²) in [6.07, 6.45) is 0. The van der Waals surface area contributed by atoms with Gasteiger partial charge in [-0.05, 0) is 59.8 Å². The van der Waals surface area contributed by atoms with Crippen molar-refractivity contribution in [2.24, 2.45) is 0 Å². The minimum atomic E-state index is -0.199. The average Bonchev–Trinajstić information content (AvgIpc) is 2.76. The lowest BCUT2D eigenvalue weighted by atomic mass is 10.1. The molecule has 0 fully saturated rings. The Morgan fingerprint density at radius 3 is 2.42 bits per heavy atom. The summed E-state index contributed by atoms with van der Waals surface area (Å²) in [5.74, 6) is -0.170. The van der Waals surface area contributed by atoms with Crippen LogP contribution >= 0.6 is 27.5 Å². The summed E-state index contributed by atoms with van der Waals surface area (Å²) in [7, 11) is 0. The first-order valence-electron chi connectivity index (χ1n) is 9.82. The molecule has 4 rings (SSSR count). The van der Waals surface area contributed by atoms with E-state index in [0.29, 0.717) is 22.7 Å². The van der Waals surface area contributed by atoms with Gasteiger partial charge in [0.2, 0.25) is 0 Å². The number of carbonyl (C=O) groups excluding carboxylic acids is 1. The second kappa shape index (κ2) is 9.08. The Hall–Kier alpha value is -2.89. The number of H-pyrrole nitrogens is 1. The van der Waals surface area contributed by atoms with Crippen molar-refractivity contribution >= 4 is 44.3 Å². The molecule has 1 aromatic heterocycles. The fraction of sp³-hybridized carbons (Fsp3) is 0.120. The lowest BCUT2D eigenvalue weighted by Gasteiger charge is -2.23. The van der Waals surface area contributed by atoms with Crippen LogP contribution in [0.15, 0.2) is 82.1 Å². The van der Waals surface area contributed by atoms with Gasteiger partial charge in [0.15, 0.2) is 0 Å². The molecule has 0 aliphatic heterocycles. The molecule has 0 unspecified atom stereocenters. The third-order valence-electron chi connectivity index (χ3n) is 5.22. The summed E-state index contributed by atoms with van der Waals surface area (Å²) in [5, 5.41) is 1.52. The average molecular weight is 496 g/mol. The SMILES string of the molecule is Cc1cccc2cc(CN(Cc3ccccc3Cl)C(=O)c3ccc(Br)cc3)c(=O)[nH]c12. The van der Waals surface area contributed by atoms with Crippen LogP contribution in [0.4, 0.5) is 0 Å². The smallest absolute Gasteiger partial charge is 0.254 e. The quantitative estimate of drug-likeness (QED) is 0.364. The summed E-state index contributed by atoms with van der Waals surface area (Å²) >= 11 is 9.76. The summed E-state index contributed by atoms with van der Waals surface area (Å²) in [5.41, 5.74) is 3.50. The van der Waals surface area contributed by atoms with Crippen molar-refractivity contribution in [3.63, 3.8) is 0 Å². The number of hydrogen-bond acceptors (Lipinski definition) is 2. The molecule has 1 N–H and O–H groups in total. The number of amides is 1. The number of aromatic amines is 1. The number of rotatable bonds is 5. The third kappa shape index (κ3) is 4.73. The predicted octanol–water partition coefficient (Wildman–Crippen LogP) is 6.10. The van der Waals surface area contributed by atoms with E-state index in [9.17, 15) is 9.59 Å². The molecular weight excluding hydrogens is 476 g/mol. The van der Waals surface area contributed by atoms with Crippen molar-refractivity contribution in [1.29, 1.82) is 0 Å². The van der Waals surface area contributed by atoms with Crippen LogP contribution in [0.25, 0.3) is 10.9 Å². The Labute approximate surface area is 193 Å². The Morgan fingerprint density at radius 2 is 1.68 bits per heavy atom. The first-order valence-corrected chi connectivity index (χ1v) is 11.0. The molecule has 0 spiro atoms. The molecule has 0 aliphatic rings. The van der Waals surface area contributed by atoms with Crippen molar-refractivity contribution in [3.05, 3.63) is 115 Å². The minimum absolute atomic E-state index is 0.166. The molecule has 4 aromatic rings. The van der Waals surface area contributed by atoms with Gasteiger partial charge in [0, 0.05) is 27.2 Å². The molecule has 1 amide bonds. The van der Waals surface area contributed by atoms with Crippen LogP contribution in [0.1, 0.15) is 27.0 Å². The molecule has 0 radical (unpaired) electrons. The number of aromatic nitrogens is 1. The molecule has 0 saturated heterocycles. The second-order valence-electron chi connectivity index (χ2n) is 7.42. The molecule has 31 heavy (non-hydrogen) atoms. The van der Waals surface area contributed by atoms with Gasteiger partial charge in [-0.15, -0.1) is 0 Å². The number of aryl methyl sites for hydroxylation is 1. The highest BCUT2D eigenvalue weighted by Crippen LogP contribution is 2.22. The molecule has 0 bridgehead atoms. The van der Waals surface area contributed by atoms with Crippen LogP contribution in [-0.2, 0) is 13.1 Å². The van der Waals surface area contributed by atoms with Gasteiger partial charge in [0.1, 0.15) is 0 Å². The fourth-order valence-electron chi connectivity index (χ4n) is 3.56. The Kier molecular flexibility index (Phi) is 6.25. The number of nitrogens with zero attached hydrogens (tertiary/aromatic N) is 1. The van der Waals surface area contributed by atoms with Crippen LogP contribution in [-0.4, -0.2) is 15.8 Å². The number of hydrogen-bond donors (Lipinski definition) is 1. The van der Waals surface area contributed by atoms with Crippen molar-refractivity contribution in [2.45, 2.75) is 20.0 Å². The maximum absolute atomic E-state index is 13.4. The van der Waals surface area contributed by atoms with E-state index in [2.05, 4.69) is 20.9 Å². The summed E-state index contributed by atoms with van der Waals surface area (Å²) in [4.78, 5) is 30.8. The third-order valence-corrected chi connectivity index (χ3v) is 6.12. The second-order valence-corrected chi connectivity index (χ2v) is 8.75. The minimum Gasteiger partial charge on any atom is -0.330 e. The predicted molar refractivity (Wildman–Crippen MR) is 128 cm³/mol. The monoisotopic (exact) mass is 494 g/mol. The van der Waals surface area contributed by atoms with Crippen molar-refractivity contribution in [1.82, 2.24) is 9.88 Å². The van der Waals surface area contributed by atoms with Gasteiger partial charge >= 0.3 is 0 Å². The van der Waals surface area contributed by atoms with Gasteiger partial charge in [0.25, 0.3) is 11.5 Å². The maximum atomic E-state index is 13.4. The standard InChI is InChI=1S/C25H20BrClN2O2/c1-16-5-4-7-18-13-20(24(30)28-23(16)18)15-29(14-19-6-2-3-8-22(19)27)25(31)17-9-11-21(26)12-10-17/h2-13H,14-15H2,1H3,(H,28,30). The van der Waals surface area contributed by atoms with E-state index in [1.165, 1.54) is 0 Å². The number of para-hydroxylation sites is 1. The summed E-state index contributed by atoms with van der Waals surface area (Å²) in [6.45, 7) is 2.41. The van der Waals surface area contributed by atoms with Crippen molar-refractivity contribution in [3.8, 4) is 0 Å². The molecular formula is C25H20BrClN2O2. The van der Waals surface area contributed by atoms with E-state index in [4.69, 9.17) is 11.6 Å². The number of halogens is 2. The highest BCUT2D eigenvalue weighted by Gasteiger charge is 2.19. The van der Waals surface area contributed by atoms with Gasteiger partial charge in [-0.1, -0.05) is 63.9 Å². The first kappa shape index (κ1) is 21.3. The van der Waals surface area contributed by atoms with E-state index in [-0.39, 0.29) is 18.0 Å². The molecule has 1 heterocycles. The number of nitrogens with one attached hydrogen (secondary N) is 1. The summed E-state index contributed by atoms with van der Waals surface area (Å²) in [6, 6.07) is 22.3. The lowest BCUT2D eigenvalue weighted by molar-refractivity contribution is 0.0729. The molecule has 156 valence electrons. The Balaban J connectivity index is 1.73. The topological polar surface area (TPSA) is 53.2 Å². The fourth-order valence-corrected chi connectivity index (χ4v) is 4.02. The zero-order valence-electron chi connectivity index (χ0n) is 16.9. The van der Waals surface area contributed by atoms with Crippen LogP contribution in [0.3, 0.4) is 0 Å². The number of benzene rings is 3. The first-order chi connectivity index (χ1) is 14.9. The number of fused-ring (bicyclic) bond motifs is 1. The van der Waals surface area contributed by atoms with E-state index in [1.54, 1.807) is 23.1 Å². The van der Waals surface area contributed by atoms with E-state index >= 15 is 0 Å². The molecule has 6 heteroatoms. The molecule has 3 aromatic carbocycles. The zero-order chi connectivity index (χ0) is 22.0. The van der Waals surface area contributed by atoms with Crippen LogP contribution in [0.2, 0.25) is 5.02 Å². The van der Waals surface area contributed by atoms with Crippen LogP contribution in [0.5, 0.6) is 0 Å². The van der Waals surface area contributed by atoms with Gasteiger partial charge < -0.3 is 9.88 Å². The highest BCUT2D eigenvalue weighted by molar-refractivity contribution is 9.10. The van der Waals surface area contributed by atoms with Crippen LogP contribution in [0, 0.1) is 6.92 Å². The molecule has 0 aliphatic carbocycles. The normalized spacial score (nSPS) is 10.9. The van der Waals surface area contributed by atoms with Crippen LogP contribution < -0.4 is 5.56 Å². The van der Waals surface area contributed by atoms with E-state index in [1.807, 2.05) is 61.5 Å². The summed E-state index contributed by atoms with van der Waals surface area (Å²) < 4.78 is 0.892. The Morgan fingerprint density at radius 1 is 0.968 bits per heavy atom. The Bertz CT molecular complexity index is 1320. The van der Waals surface area contributed by atoms with E-state index < -0.39 is 0 Å². The number of carbonyl (C=O) groups is 1. The zero-order valence-corrected chi connectivity index (χ0v) is 19.2. The number of pyridine rings is 1. The van der Waals surface area contributed by atoms with Gasteiger partial charge in [-0.25, -0.2) is 0 Å². The van der Waals surface area contributed by atoms with Gasteiger partial charge in [-0.3, -0.25) is 9.59 Å². The highest BCUT2D eigenvalue weighted by atomic mass is 79.9. The maximum Gasteiger partial charge on any atom is 0.254 e. The molecule has 4 nitrogen and oxygen atoms in total. The molecule has 0 saturated carbocycles. The van der Waals surface area contributed by atoms with Crippen molar-refractivity contribution < 1.29 is 4.79 Å². The van der Waals surface area contributed by atoms with E-state index in [0.717, 1.165) is 26.5 Å². The lowest BCUT2D eigenvalue weighted by Crippen LogP contribution is -2.32. The van der Waals surface area contributed by atoms with Gasteiger partial charge in [-0.2, -0.15) is 0 Å².